The number of ether oxygens (including phenoxy) is 1. The summed E-state index contributed by atoms with van der Waals surface area (Å²) in [5.41, 5.74) is 1.54. The van der Waals surface area contributed by atoms with Crippen molar-refractivity contribution in [2.24, 2.45) is 5.10 Å². The molecule has 1 N–H and O–H groups in total. The van der Waals surface area contributed by atoms with Gasteiger partial charge in [-0.1, -0.05) is 12.1 Å². The van der Waals surface area contributed by atoms with Gasteiger partial charge < -0.3 is 9.84 Å². The number of methoxy groups -OCH3 is 1. The predicted molar refractivity (Wildman–Crippen MR) is 111 cm³/mol. The fraction of sp³-hybridized carbons (Fsp3) is 0.190. The van der Waals surface area contributed by atoms with Gasteiger partial charge in [0.05, 0.1) is 30.6 Å². The lowest BCUT2D eigenvalue weighted by Gasteiger charge is -2.14. The lowest BCUT2D eigenvalue weighted by atomic mass is 10.1. The first-order valence-electron chi connectivity index (χ1n) is 9.06. The molecule has 0 spiro atoms. The van der Waals surface area contributed by atoms with Gasteiger partial charge in [0.1, 0.15) is 17.7 Å². The van der Waals surface area contributed by atoms with Crippen LogP contribution in [0.25, 0.3) is 11.3 Å². The maximum atomic E-state index is 13.8. The van der Waals surface area contributed by atoms with Gasteiger partial charge in [-0.15, -0.1) is 11.3 Å². The molecule has 4 rings (SSSR count). The van der Waals surface area contributed by atoms with Crippen LogP contribution in [0.4, 0.5) is 13.9 Å². The van der Waals surface area contributed by atoms with Gasteiger partial charge in [0.2, 0.25) is 5.13 Å². The van der Waals surface area contributed by atoms with E-state index < -0.39 is 24.0 Å². The van der Waals surface area contributed by atoms with Crippen LogP contribution in [0.15, 0.2) is 52.9 Å². The first-order valence-corrected chi connectivity index (χ1v) is 9.94. The number of alkyl halides is 1. The fourth-order valence-corrected chi connectivity index (χ4v) is 3.76. The number of anilines is 1. The quantitative estimate of drug-likeness (QED) is 0.439. The molecule has 0 aliphatic heterocycles. The Kier molecular flexibility index (Phi) is 5.45. The Labute approximate surface area is 175 Å². The molecule has 6 nitrogen and oxygen atoms in total. The summed E-state index contributed by atoms with van der Waals surface area (Å²) in [7, 11) is 1.58. The molecular weight excluding hydrogens is 412 g/mol. The SMILES string of the molecule is COc1cccc(-c2csc(N(/N=C/c3ccc(F)cc3C(=O)O)C3CC3F)n2)c1. The molecule has 0 radical (unpaired) electrons. The van der Waals surface area contributed by atoms with Crippen molar-refractivity contribution in [2.75, 3.05) is 12.1 Å². The predicted octanol–water partition coefficient (Wildman–Crippen LogP) is 4.61. The minimum absolute atomic E-state index is 0.217. The molecule has 2 atom stereocenters. The second kappa shape index (κ2) is 8.19. The van der Waals surface area contributed by atoms with Gasteiger partial charge in [0.15, 0.2) is 0 Å². The molecule has 9 heteroatoms. The van der Waals surface area contributed by atoms with Gasteiger partial charge >= 0.3 is 5.97 Å². The largest absolute Gasteiger partial charge is 0.497 e. The number of aromatic nitrogens is 1. The van der Waals surface area contributed by atoms with Crippen molar-refractivity contribution in [3.8, 4) is 17.0 Å². The topological polar surface area (TPSA) is 75.0 Å². The number of rotatable bonds is 7. The van der Waals surface area contributed by atoms with Crippen LogP contribution in [0.5, 0.6) is 5.75 Å². The molecule has 1 aliphatic rings. The number of halogens is 2. The van der Waals surface area contributed by atoms with Gasteiger partial charge in [-0.3, -0.25) is 0 Å². The van der Waals surface area contributed by atoms with Crippen molar-refractivity contribution < 1.29 is 23.4 Å². The third kappa shape index (κ3) is 4.16. The first-order chi connectivity index (χ1) is 14.5. The number of aromatic carboxylic acids is 1. The Hall–Kier alpha value is -3.33. The molecule has 1 heterocycles. The van der Waals surface area contributed by atoms with E-state index in [1.165, 1.54) is 28.6 Å². The van der Waals surface area contributed by atoms with Crippen LogP contribution in [0, 0.1) is 5.82 Å². The Morgan fingerprint density at radius 1 is 1.37 bits per heavy atom. The molecule has 1 fully saturated rings. The second-order valence-electron chi connectivity index (χ2n) is 6.69. The lowest BCUT2D eigenvalue weighted by Crippen LogP contribution is -2.21. The van der Waals surface area contributed by atoms with Gasteiger partial charge in [-0.25, -0.2) is 23.6 Å². The highest BCUT2D eigenvalue weighted by atomic mass is 32.1. The number of carboxylic acids is 1. The molecule has 0 bridgehead atoms. The fourth-order valence-electron chi connectivity index (χ4n) is 2.92. The normalized spacial score (nSPS) is 17.8. The maximum absolute atomic E-state index is 13.8. The van der Waals surface area contributed by atoms with E-state index in [0.29, 0.717) is 23.0 Å². The first kappa shape index (κ1) is 20.0. The van der Waals surface area contributed by atoms with Crippen molar-refractivity contribution in [1.29, 1.82) is 0 Å². The zero-order valence-corrected chi connectivity index (χ0v) is 16.6. The van der Waals surface area contributed by atoms with Crippen molar-refractivity contribution in [3.05, 3.63) is 64.8 Å². The van der Waals surface area contributed by atoms with Crippen molar-refractivity contribution in [3.63, 3.8) is 0 Å². The van der Waals surface area contributed by atoms with E-state index in [1.807, 2.05) is 29.6 Å². The van der Waals surface area contributed by atoms with Crippen molar-refractivity contribution in [1.82, 2.24) is 4.98 Å². The summed E-state index contributed by atoms with van der Waals surface area (Å²) in [5, 5.41) is 17.3. The third-order valence-corrected chi connectivity index (χ3v) is 5.45. The Balaban J connectivity index is 1.64. The third-order valence-electron chi connectivity index (χ3n) is 4.62. The van der Waals surface area contributed by atoms with Crippen LogP contribution in [0.1, 0.15) is 22.3 Å². The van der Waals surface area contributed by atoms with Crippen LogP contribution in [0.2, 0.25) is 0 Å². The molecule has 1 aromatic heterocycles. The number of thiazole rings is 1. The average molecular weight is 429 g/mol. The van der Waals surface area contributed by atoms with E-state index in [9.17, 15) is 18.7 Å². The number of hydrogen-bond acceptors (Lipinski definition) is 6. The Morgan fingerprint density at radius 2 is 2.17 bits per heavy atom. The van der Waals surface area contributed by atoms with Crippen molar-refractivity contribution in [2.45, 2.75) is 18.6 Å². The Bertz CT molecular complexity index is 1120. The molecule has 1 aliphatic carbocycles. The lowest BCUT2D eigenvalue weighted by molar-refractivity contribution is 0.0696. The van der Waals surface area contributed by atoms with E-state index in [2.05, 4.69) is 10.1 Å². The van der Waals surface area contributed by atoms with Gasteiger partial charge in [0, 0.05) is 22.9 Å². The number of benzene rings is 2. The monoisotopic (exact) mass is 429 g/mol. The summed E-state index contributed by atoms with van der Waals surface area (Å²) < 4.78 is 32.5. The highest BCUT2D eigenvalue weighted by molar-refractivity contribution is 7.14. The molecule has 154 valence electrons. The highest BCUT2D eigenvalue weighted by Gasteiger charge is 2.44. The molecule has 30 heavy (non-hydrogen) atoms. The minimum atomic E-state index is -1.27. The van der Waals surface area contributed by atoms with Crippen LogP contribution >= 0.6 is 11.3 Å². The molecule has 0 amide bonds. The molecule has 1 saturated carbocycles. The van der Waals surface area contributed by atoms with Crippen LogP contribution in [0.3, 0.4) is 0 Å². The van der Waals surface area contributed by atoms with E-state index in [4.69, 9.17) is 4.74 Å². The van der Waals surface area contributed by atoms with Crippen LogP contribution < -0.4 is 9.75 Å². The Morgan fingerprint density at radius 3 is 2.87 bits per heavy atom. The summed E-state index contributed by atoms with van der Waals surface area (Å²) in [6.45, 7) is 0. The number of carboxylic acid groups (broad SMARTS) is 1. The van der Waals surface area contributed by atoms with E-state index in [0.717, 1.165) is 17.7 Å². The summed E-state index contributed by atoms with van der Waals surface area (Å²) in [6, 6.07) is 10.3. The summed E-state index contributed by atoms with van der Waals surface area (Å²) >= 11 is 1.30. The number of hydrogen-bond donors (Lipinski definition) is 1. The summed E-state index contributed by atoms with van der Waals surface area (Å²) in [5.74, 6) is -1.23. The molecule has 0 saturated heterocycles. The average Bonchev–Trinajstić information content (AvgIpc) is 3.25. The smallest absolute Gasteiger partial charge is 0.336 e. The number of hydrazone groups is 1. The zero-order chi connectivity index (χ0) is 21.3. The number of carbonyl (C=O) groups is 1. The van der Waals surface area contributed by atoms with Gasteiger partial charge in [-0.05, 0) is 30.3 Å². The minimum Gasteiger partial charge on any atom is -0.497 e. The molecular formula is C21H17F2N3O3S. The molecule has 2 aromatic carbocycles. The standard InChI is InChI=1S/C21H17F2N3O3S/c1-29-15-4-2-3-12(7-15)18-11-30-21(25-18)26(19-9-17(19)23)24-10-13-5-6-14(22)8-16(13)20(27)28/h2-8,10-11,17,19H,9H2,1H3,(H,27,28)/b24-10+. The maximum Gasteiger partial charge on any atom is 0.336 e. The van der Waals surface area contributed by atoms with E-state index in [1.54, 1.807) is 7.11 Å². The summed E-state index contributed by atoms with van der Waals surface area (Å²) in [4.78, 5) is 15.9. The molecule has 3 aromatic rings. The summed E-state index contributed by atoms with van der Waals surface area (Å²) in [6.07, 6.45) is 0.555. The molecule has 2 unspecified atom stereocenters. The highest BCUT2D eigenvalue weighted by Crippen LogP contribution is 2.38. The van der Waals surface area contributed by atoms with Crippen LogP contribution in [-0.2, 0) is 0 Å². The van der Waals surface area contributed by atoms with Crippen molar-refractivity contribution >= 4 is 28.7 Å². The van der Waals surface area contributed by atoms with E-state index >= 15 is 0 Å². The van der Waals surface area contributed by atoms with E-state index in [-0.39, 0.29) is 11.1 Å². The van der Waals surface area contributed by atoms with Gasteiger partial charge in [0.25, 0.3) is 0 Å². The van der Waals surface area contributed by atoms with Crippen LogP contribution in [-0.4, -0.2) is 41.6 Å². The zero-order valence-electron chi connectivity index (χ0n) is 15.8. The van der Waals surface area contributed by atoms with Gasteiger partial charge in [-0.2, -0.15) is 5.10 Å². The second-order valence-corrected chi connectivity index (χ2v) is 7.53. The number of nitrogens with zero attached hydrogens (tertiary/aromatic N) is 3.